The number of carbonyl (C=O) groups is 2. The first-order chi connectivity index (χ1) is 6.62. The first-order valence-corrected chi connectivity index (χ1v) is 5.13. The van der Waals surface area contributed by atoms with E-state index in [1.165, 1.54) is 25.8 Å². The zero-order valence-corrected chi connectivity index (χ0v) is 10.4. The van der Waals surface area contributed by atoms with Crippen LogP contribution in [-0.2, 0) is 9.59 Å². The van der Waals surface area contributed by atoms with Gasteiger partial charge in [0.05, 0.1) is 0 Å². The van der Waals surface area contributed by atoms with E-state index < -0.39 is 11.5 Å². The van der Waals surface area contributed by atoms with Gasteiger partial charge >= 0.3 is 5.97 Å². The first-order valence-electron chi connectivity index (χ1n) is 5.13. The number of hydrogen-bond acceptors (Lipinski definition) is 2. The fourth-order valence-corrected chi connectivity index (χ4v) is 1.01. The van der Waals surface area contributed by atoms with Crippen molar-refractivity contribution in [3.05, 3.63) is 0 Å². The predicted molar refractivity (Wildman–Crippen MR) is 58.5 cm³/mol. The number of likely N-dealkylation sites (N-methyl/N-ethyl adjacent to an activating group) is 1. The van der Waals surface area contributed by atoms with Crippen LogP contribution in [0.3, 0.4) is 0 Å². The summed E-state index contributed by atoms with van der Waals surface area (Å²) >= 11 is 0. The second kappa shape index (κ2) is 4.64. The van der Waals surface area contributed by atoms with Gasteiger partial charge in [0.25, 0.3) is 0 Å². The largest absolute Gasteiger partial charge is 0.480 e. The lowest BCUT2D eigenvalue weighted by atomic mass is 9.94. The molecule has 88 valence electrons. The minimum absolute atomic E-state index is 0.127. The molecule has 1 unspecified atom stereocenters. The molecule has 0 aromatic heterocycles. The molecule has 0 aromatic rings. The quantitative estimate of drug-likeness (QED) is 0.775. The van der Waals surface area contributed by atoms with Crippen molar-refractivity contribution >= 4 is 11.9 Å². The summed E-state index contributed by atoms with van der Waals surface area (Å²) in [6.45, 7) is 8.77. The van der Waals surface area contributed by atoms with Crippen molar-refractivity contribution < 1.29 is 14.7 Å². The summed E-state index contributed by atoms with van der Waals surface area (Å²) in [5.41, 5.74) is -1.15. The number of nitrogens with zero attached hydrogens (tertiary/aromatic N) is 1. The van der Waals surface area contributed by atoms with Crippen molar-refractivity contribution in [3.63, 3.8) is 0 Å². The molecule has 1 N–H and O–H groups in total. The SMILES string of the molecule is CC(C)C(C)C(=O)N(C)C(C)(C)C(=O)O. The van der Waals surface area contributed by atoms with E-state index in [1.54, 1.807) is 0 Å². The Hall–Kier alpha value is -1.06. The van der Waals surface area contributed by atoms with E-state index in [4.69, 9.17) is 5.11 Å². The van der Waals surface area contributed by atoms with Gasteiger partial charge in [0, 0.05) is 13.0 Å². The normalized spacial score (nSPS) is 13.8. The number of carbonyl (C=O) groups excluding carboxylic acids is 1. The number of rotatable bonds is 4. The summed E-state index contributed by atoms with van der Waals surface area (Å²) in [5, 5.41) is 8.99. The minimum Gasteiger partial charge on any atom is -0.480 e. The smallest absolute Gasteiger partial charge is 0.329 e. The van der Waals surface area contributed by atoms with Gasteiger partial charge in [0.1, 0.15) is 5.54 Å². The highest BCUT2D eigenvalue weighted by Crippen LogP contribution is 2.19. The van der Waals surface area contributed by atoms with Gasteiger partial charge in [-0.15, -0.1) is 0 Å². The average molecular weight is 215 g/mol. The summed E-state index contributed by atoms with van der Waals surface area (Å²) in [5.74, 6) is -1.06. The van der Waals surface area contributed by atoms with Gasteiger partial charge in [-0.05, 0) is 19.8 Å². The maximum Gasteiger partial charge on any atom is 0.329 e. The molecule has 4 nitrogen and oxygen atoms in total. The maximum absolute atomic E-state index is 11.9. The van der Waals surface area contributed by atoms with Gasteiger partial charge in [-0.2, -0.15) is 0 Å². The molecule has 0 aliphatic heterocycles. The van der Waals surface area contributed by atoms with Gasteiger partial charge in [-0.25, -0.2) is 4.79 Å². The Kier molecular flexibility index (Phi) is 4.31. The predicted octanol–water partition coefficient (Wildman–Crippen LogP) is 1.60. The second-order valence-corrected chi connectivity index (χ2v) is 4.79. The van der Waals surface area contributed by atoms with Gasteiger partial charge in [0.15, 0.2) is 0 Å². The van der Waals surface area contributed by atoms with Crippen LogP contribution >= 0.6 is 0 Å². The third-order valence-electron chi connectivity index (χ3n) is 3.08. The van der Waals surface area contributed by atoms with E-state index in [1.807, 2.05) is 20.8 Å². The van der Waals surface area contributed by atoms with Crippen molar-refractivity contribution in [1.29, 1.82) is 0 Å². The lowest BCUT2D eigenvalue weighted by Crippen LogP contribution is -2.52. The standard InChI is InChI=1S/C11H21NO3/c1-7(2)8(3)9(13)12(6)11(4,5)10(14)15/h7-8H,1-6H3,(H,14,15). The number of hydrogen-bond donors (Lipinski definition) is 1. The molecule has 0 saturated heterocycles. The molecule has 15 heavy (non-hydrogen) atoms. The van der Waals surface area contributed by atoms with Gasteiger partial charge < -0.3 is 10.0 Å². The van der Waals surface area contributed by atoms with Crippen LogP contribution in [0.25, 0.3) is 0 Å². The van der Waals surface area contributed by atoms with Crippen LogP contribution in [0.2, 0.25) is 0 Å². The summed E-state index contributed by atoms with van der Waals surface area (Å²) in [4.78, 5) is 24.2. The zero-order chi connectivity index (χ0) is 12.4. The Morgan fingerprint density at radius 1 is 1.20 bits per heavy atom. The van der Waals surface area contributed by atoms with E-state index in [0.717, 1.165) is 0 Å². The minimum atomic E-state index is -1.15. The lowest BCUT2D eigenvalue weighted by molar-refractivity contribution is -0.157. The highest BCUT2D eigenvalue weighted by atomic mass is 16.4. The Bertz CT molecular complexity index is 259. The van der Waals surface area contributed by atoms with Crippen molar-refractivity contribution in [2.75, 3.05) is 7.05 Å². The Labute approximate surface area is 91.3 Å². The molecule has 0 rings (SSSR count). The van der Waals surface area contributed by atoms with Crippen LogP contribution in [0.4, 0.5) is 0 Å². The second-order valence-electron chi connectivity index (χ2n) is 4.79. The zero-order valence-electron chi connectivity index (χ0n) is 10.4. The summed E-state index contributed by atoms with van der Waals surface area (Å²) < 4.78 is 0. The molecule has 1 amide bonds. The van der Waals surface area contributed by atoms with E-state index >= 15 is 0 Å². The third kappa shape index (κ3) is 2.94. The summed E-state index contributed by atoms with van der Waals surface area (Å²) in [6.07, 6.45) is 0. The molecule has 1 atom stereocenters. The van der Waals surface area contributed by atoms with Crippen LogP contribution in [0.1, 0.15) is 34.6 Å². The fourth-order valence-electron chi connectivity index (χ4n) is 1.01. The Morgan fingerprint density at radius 3 is 1.87 bits per heavy atom. The van der Waals surface area contributed by atoms with E-state index in [0.29, 0.717) is 0 Å². The topological polar surface area (TPSA) is 57.6 Å². The van der Waals surface area contributed by atoms with Crippen LogP contribution < -0.4 is 0 Å². The highest BCUT2D eigenvalue weighted by Gasteiger charge is 2.37. The fraction of sp³-hybridized carbons (Fsp3) is 0.818. The number of carboxylic acid groups (broad SMARTS) is 1. The van der Waals surface area contributed by atoms with Gasteiger partial charge in [0.2, 0.25) is 5.91 Å². The lowest BCUT2D eigenvalue weighted by Gasteiger charge is -2.34. The molecule has 0 bridgehead atoms. The Morgan fingerprint density at radius 2 is 1.60 bits per heavy atom. The molecular formula is C11H21NO3. The molecule has 0 aliphatic rings. The van der Waals surface area contributed by atoms with Crippen molar-refractivity contribution in [2.24, 2.45) is 11.8 Å². The van der Waals surface area contributed by atoms with Crippen LogP contribution in [0.5, 0.6) is 0 Å². The molecule has 0 fully saturated rings. The monoisotopic (exact) mass is 215 g/mol. The molecule has 4 heteroatoms. The third-order valence-corrected chi connectivity index (χ3v) is 3.08. The molecule has 0 saturated carbocycles. The van der Waals surface area contributed by atoms with Crippen LogP contribution in [0.15, 0.2) is 0 Å². The van der Waals surface area contributed by atoms with Crippen molar-refractivity contribution in [3.8, 4) is 0 Å². The number of amides is 1. The van der Waals surface area contributed by atoms with Gasteiger partial charge in [-0.3, -0.25) is 4.79 Å². The summed E-state index contributed by atoms with van der Waals surface area (Å²) in [6, 6.07) is 0. The van der Waals surface area contributed by atoms with Crippen molar-refractivity contribution in [1.82, 2.24) is 4.90 Å². The molecule has 0 radical (unpaired) electrons. The number of carboxylic acids is 1. The van der Waals surface area contributed by atoms with Crippen LogP contribution in [0, 0.1) is 11.8 Å². The van der Waals surface area contributed by atoms with Gasteiger partial charge in [-0.1, -0.05) is 20.8 Å². The molecule has 0 spiro atoms. The summed E-state index contributed by atoms with van der Waals surface area (Å²) in [7, 11) is 1.54. The molecular weight excluding hydrogens is 194 g/mol. The van der Waals surface area contributed by atoms with E-state index in [9.17, 15) is 9.59 Å². The molecule has 0 heterocycles. The molecule has 0 aliphatic carbocycles. The van der Waals surface area contributed by atoms with E-state index in [2.05, 4.69) is 0 Å². The highest BCUT2D eigenvalue weighted by molar-refractivity contribution is 5.87. The maximum atomic E-state index is 11.9. The van der Waals surface area contributed by atoms with Crippen LogP contribution in [-0.4, -0.2) is 34.5 Å². The van der Waals surface area contributed by atoms with E-state index in [-0.39, 0.29) is 17.7 Å². The first kappa shape index (κ1) is 13.9. The Balaban J connectivity index is 4.79. The number of aliphatic carboxylic acids is 1. The van der Waals surface area contributed by atoms with Crippen molar-refractivity contribution in [2.45, 2.75) is 40.2 Å². The molecule has 0 aromatic carbocycles. The average Bonchev–Trinajstić information content (AvgIpc) is 2.13.